The normalized spacial score (nSPS) is 22.1. The molecule has 3 aromatic rings. The number of benzene rings is 1. The van der Waals surface area contributed by atoms with Crippen LogP contribution in [0.15, 0.2) is 42.0 Å². The summed E-state index contributed by atoms with van der Waals surface area (Å²) in [5, 5.41) is 20.8. The number of nitrogens with one attached hydrogen (secondary N) is 2. The van der Waals surface area contributed by atoms with E-state index in [0.29, 0.717) is 30.0 Å². The van der Waals surface area contributed by atoms with Gasteiger partial charge in [0.15, 0.2) is 0 Å². The maximum absolute atomic E-state index is 14.7. The molecule has 2 aromatic heterocycles. The lowest BCUT2D eigenvalue weighted by Crippen LogP contribution is -2.53. The standard InChI is InChI=1S/C34H43FN4O4S/c1-33(2,3)17-22-14-25-27(18-34(7-5-8-34)43-31(25)38-19-22)37-20-28(40)26(39-30(41)29-6-4-10-42-29)15-21-12-23(16-24(35)13-21)32-36-9-11-44-32/h9,11-14,16,19,26-29,37,40H,4-8,10,15,17-18,20H2,1-3H3,(H,39,41)/t26-,27-,28+,29?/m0/s1. The minimum Gasteiger partial charge on any atom is -0.471 e. The largest absolute Gasteiger partial charge is 0.471 e. The molecule has 1 amide bonds. The molecule has 1 unspecified atom stereocenters. The van der Waals surface area contributed by atoms with Crippen LogP contribution in [0.25, 0.3) is 10.6 Å². The summed E-state index contributed by atoms with van der Waals surface area (Å²) in [7, 11) is 0. The molecule has 1 saturated carbocycles. The molecule has 4 heterocycles. The molecule has 2 fully saturated rings. The smallest absolute Gasteiger partial charge is 0.249 e. The van der Waals surface area contributed by atoms with Crippen LogP contribution in [0.2, 0.25) is 0 Å². The van der Waals surface area contributed by atoms with Crippen molar-refractivity contribution in [2.45, 2.75) is 102 Å². The lowest BCUT2D eigenvalue weighted by atomic mass is 9.73. The van der Waals surface area contributed by atoms with Gasteiger partial charge in [0.05, 0.1) is 12.1 Å². The monoisotopic (exact) mass is 622 g/mol. The van der Waals surface area contributed by atoms with E-state index in [0.717, 1.165) is 54.7 Å². The van der Waals surface area contributed by atoms with E-state index in [2.05, 4.69) is 42.5 Å². The highest BCUT2D eigenvalue weighted by molar-refractivity contribution is 7.13. The van der Waals surface area contributed by atoms with Gasteiger partial charge in [0.25, 0.3) is 0 Å². The van der Waals surface area contributed by atoms with Crippen molar-refractivity contribution in [2.24, 2.45) is 5.41 Å². The van der Waals surface area contributed by atoms with E-state index in [1.165, 1.54) is 23.5 Å². The number of nitrogens with zero attached hydrogens (tertiary/aromatic N) is 2. The second-order valence-corrected chi connectivity index (χ2v) is 14.7. The number of aliphatic hydroxyl groups excluding tert-OH is 1. The molecule has 2 aliphatic heterocycles. The highest BCUT2D eigenvalue weighted by Gasteiger charge is 2.46. The van der Waals surface area contributed by atoms with Crippen molar-refractivity contribution in [2.75, 3.05) is 13.2 Å². The zero-order valence-corrected chi connectivity index (χ0v) is 26.6. The summed E-state index contributed by atoms with van der Waals surface area (Å²) < 4.78 is 26.8. The molecule has 0 bridgehead atoms. The fourth-order valence-electron chi connectivity index (χ4n) is 6.61. The Bertz CT molecular complexity index is 1450. The van der Waals surface area contributed by atoms with Gasteiger partial charge in [-0.25, -0.2) is 14.4 Å². The Balaban J connectivity index is 1.22. The van der Waals surface area contributed by atoms with Gasteiger partial charge in [-0.3, -0.25) is 4.79 Å². The van der Waals surface area contributed by atoms with Crippen molar-refractivity contribution in [1.29, 1.82) is 0 Å². The Morgan fingerprint density at radius 3 is 2.70 bits per heavy atom. The van der Waals surface area contributed by atoms with Gasteiger partial charge in [0.2, 0.25) is 11.8 Å². The first-order chi connectivity index (χ1) is 21.1. The molecular formula is C34H43FN4O4S. The average Bonchev–Trinajstić information content (AvgIpc) is 3.69. The summed E-state index contributed by atoms with van der Waals surface area (Å²) >= 11 is 1.44. The number of carbonyl (C=O) groups excluding carboxylic acids is 1. The number of ether oxygens (including phenoxy) is 2. The van der Waals surface area contributed by atoms with Crippen molar-refractivity contribution < 1.29 is 23.8 Å². The molecule has 1 aliphatic carbocycles. The Hall–Kier alpha value is -2.92. The molecule has 3 N–H and O–H groups in total. The number of carbonyl (C=O) groups is 1. The van der Waals surface area contributed by atoms with E-state index >= 15 is 0 Å². The Morgan fingerprint density at radius 2 is 2.02 bits per heavy atom. The molecule has 236 valence electrons. The first kappa shape index (κ1) is 31.1. The maximum Gasteiger partial charge on any atom is 0.249 e. The SMILES string of the molecule is CC(C)(C)Cc1cnc2c(c1)[C@@H](NC[C@@H](O)[C@H](Cc1cc(F)cc(-c3nccs3)c1)NC(=O)C1CCCO1)CC1(CCC1)O2. The number of thiazole rings is 1. The Kier molecular flexibility index (Phi) is 9.06. The maximum atomic E-state index is 14.7. The molecular weight excluding hydrogens is 579 g/mol. The van der Waals surface area contributed by atoms with Crippen LogP contribution in [0.4, 0.5) is 4.39 Å². The summed E-state index contributed by atoms with van der Waals surface area (Å²) in [5.41, 5.74) is 3.40. The Morgan fingerprint density at radius 1 is 1.18 bits per heavy atom. The number of aromatic nitrogens is 2. The predicted octanol–water partition coefficient (Wildman–Crippen LogP) is 5.54. The number of amides is 1. The van der Waals surface area contributed by atoms with E-state index in [1.807, 2.05) is 17.6 Å². The first-order valence-corrected chi connectivity index (χ1v) is 16.6. The minimum atomic E-state index is -0.943. The fraction of sp³-hybridized carbons (Fsp3) is 0.559. The number of hydrogen-bond acceptors (Lipinski definition) is 8. The van der Waals surface area contributed by atoms with Crippen LogP contribution >= 0.6 is 11.3 Å². The van der Waals surface area contributed by atoms with Gasteiger partial charge in [-0.1, -0.05) is 20.8 Å². The topological polar surface area (TPSA) is 106 Å². The van der Waals surface area contributed by atoms with Crippen molar-refractivity contribution in [3.8, 4) is 16.5 Å². The molecule has 0 radical (unpaired) electrons. The second-order valence-electron chi connectivity index (χ2n) is 13.9. The molecule has 8 nitrogen and oxygen atoms in total. The van der Waals surface area contributed by atoms with Crippen molar-refractivity contribution in [3.63, 3.8) is 0 Å². The van der Waals surface area contributed by atoms with E-state index in [-0.39, 0.29) is 41.7 Å². The number of pyridine rings is 1. The van der Waals surface area contributed by atoms with Gasteiger partial charge in [0.1, 0.15) is 22.5 Å². The van der Waals surface area contributed by atoms with Gasteiger partial charge in [0, 0.05) is 54.5 Å². The molecule has 4 atom stereocenters. The zero-order chi connectivity index (χ0) is 30.9. The quantitative estimate of drug-likeness (QED) is 0.273. The minimum absolute atomic E-state index is 0.0543. The third-order valence-electron chi connectivity index (χ3n) is 8.88. The van der Waals surface area contributed by atoms with Crippen molar-refractivity contribution in [3.05, 3.63) is 64.5 Å². The van der Waals surface area contributed by atoms with Crippen LogP contribution in [0, 0.1) is 11.2 Å². The predicted molar refractivity (Wildman–Crippen MR) is 168 cm³/mol. The number of halogens is 1. The van der Waals surface area contributed by atoms with Crippen LogP contribution in [0.5, 0.6) is 5.88 Å². The van der Waals surface area contributed by atoms with Gasteiger partial charge in [-0.05, 0) is 85.8 Å². The lowest BCUT2D eigenvalue weighted by Gasteiger charge is -2.47. The van der Waals surface area contributed by atoms with Gasteiger partial charge in [-0.2, -0.15) is 0 Å². The third-order valence-corrected chi connectivity index (χ3v) is 9.70. The summed E-state index contributed by atoms with van der Waals surface area (Å²) in [6, 6.07) is 6.27. The number of hydrogen-bond donors (Lipinski definition) is 3. The molecule has 1 aromatic carbocycles. The number of fused-ring (bicyclic) bond motifs is 1. The van der Waals surface area contributed by atoms with E-state index in [1.54, 1.807) is 6.20 Å². The highest BCUT2D eigenvalue weighted by Crippen LogP contribution is 2.48. The highest BCUT2D eigenvalue weighted by atomic mass is 32.1. The lowest BCUT2D eigenvalue weighted by molar-refractivity contribution is -0.131. The van der Waals surface area contributed by atoms with Crippen LogP contribution in [-0.2, 0) is 22.4 Å². The van der Waals surface area contributed by atoms with Crippen molar-refractivity contribution in [1.82, 2.24) is 20.6 Å². The van der Waals surface area contributed by atoms with Gasteiger partial charge < -0.3 is 25.2 Å². The second kappa shape index (κ2) is 12.8. The molecule has 10 heteroatoms. The first-order valence-electron chi connectivity index (χ1n) is 15.8. The summed E-state index contributed by atoms with van der Waals surface area (Å²) in [6.07, 6.45) is 8.63. The summed E-state index contributed by atoms with van der Waals surface area (Å²) in [5.74, 6) is 0.0370. The molecule has 1 spiro atoms. The third kappa shape index (κ3) is 7.30. The average molecular weight is 623 g/mol. The molecule has 3 aliphatic rings. The van der Waals surface area contributed by atoms with Crippen LogP contribution in [-0.4, -0.2) is 58.0 Å². The summed E-state index contributed by atoms with van der Waals surface area (Å²) in [4.78, 5) is 22.2. The molecule has 6 rings (SSSR count). The number of aliphatic hydroxyl groups is 1. The van der Waals surface area contributed by atoms with Crippen LogP contribution < -0.4 is 15.4 Å². The Labute approximate surface area is 262 Å². The molecule has 44 heavy (non-hydrogen) atoms. The summed E-state index contributed by atoms with van der Waals surface area (Å²) in [6.45, 7) is 7.41. The van der Waals surface area contributed by atoms with Crippen molar-refractivity contribution >= 4 is 17.2 Å². The van der Waals surface area contributed by atoms with Gasteiger partial charge in [-0.15, -0.1) is 11.3 Å². The zero-order valence-electron chi connectivity index (χ0n) is 25.8. The fourth-order valence-corrected chi connectivity index (χ4v) is 7.23. The van der Waals surface area contributed by atoms with Crippen LogP contribution in [0.3, 0.4) is 0 Å². The number of rotatable bonds is 10. The van der Waals surface area contributed by atoms with Crippen LogP contribution in [0.1, 0.15) is 82.0 Å². The molecule has 1 saturated heterocycles. The van der Waals surface area contributed by atoms with E-state index < -0.39 is 18.2 Å². The van der Waals surface area contributed by atoms with E-state index in [4.69, 9.17) is 14.5 Å². The van der Waals surface area contributed by atoms with E-state index in [9.17, 15) is 14.3 Å². The van der Waals surface area contributed by atoms with Gasteiger partial charge >= 0.3 is 0 Å².